The Hall–Kier alpha value is -0.663. The van der Waals surface area contributed by atoms with Gasteiger partial charge in [0.2, 0.25) is 0 Å². The maximum absolute atomic E-state index is 5.68. The van der Waals surface area contributed by atoms with Crippen molar-refractivity contribution in [3.8, 4) is 23.8 Å². The van der Waals surface area contributed by atoms with Crippen LogP contribution in [0.25, 0.3) is 0 Å². The van der Waals surface area contributed by atoms with Crippen molar-refractivity contribution in [2.75, 3.05) is 0 Å². The minimum atomic E-state index is -1.64. The fourth-order valence-electron chi connectivity index (χ4n) is 5.30. The Morgan fingerprint density at radius 3 is 1.14 bits per heavy atom. The van der Waals surface area contributed by atoms with Crippen LogP contribution in [-0.2, 0) is 0 Å². The average Bonchev–Trinajstić information content (AvgIpc) is 2.63. The number of terminal acetylenes is 1. The van der Waals surface area contributed by atoms with E-state index in [9.17, 15) is 0 Å². The highest BCUT2D eigenvalue weighted by atomic mass is 28.3. The van der Waals surface area contributed by atoms with Gasteiger partial charge in [-0.25, -0.2) is 0 Å². The van der Waals surface area contributed by atoms with E-state index in [1.54, 1.807) is 0 Å². The zero-order valence-electron chi connectivity index (χ0n) is 21.4. The van der Waals surface area contributed by atoms with Crippen LogP contribution in [0.15, 0.2) is 0 Å². The Bertz CT molecular complexity index is 531. The zero-order chi connectivity index (χ0) is 22.4. The van der Waals surface area contributed by atoms with Crippen LogP contribution in [0, 0.1) is 65.2 Å². The first-order valence-corrected chi connectivity index (χ1v) is 14.0. The van der Waals surface area contributed by atoms with Crippen molar-refractivity contribution < 1.29 is 0 Å². The van der Waals surface area contributed by atoms with Crippen LogP contribution in [0.1, 0.15) is 90.0 Å². The van der Waals surface area contributed by atoms with Gasteiger partial charge in [-0.3, -0.25) is 0 Å². The molecule has 0 nitrogen and oxygen atoms in total. The molecule has 0 bridgehead atoms. The molecule has 0 radical (unpaired) electrons. The fourth-order valence-corrected chi connectivity index (χ4v) is 10.6. The third-order valence-corrected chi connectivity index (χ3v) is 14.8. The van der Waals surface area contributed by atoms with E-state index in [0.717, 1.165) is 0 Å². The van der Waals surface area contributed by atoms with Crippen molar-refractivity contribution in [2.24, 2.45) is 41.4 Å². The van der Waals surface area contributed by atoms with Crippen molar-refractivity contribution in [3.63, 3.8) is 0 Å². The van der Waals surface area contributed by atoms with Crippen molar-refractivity contribution in [1.82, 2.24) is 0 Å². The lowest BCUT2D eigenvalue weighted by atomic mass is 9.69. The molecule has 1 heteroatoms. The van der Waals surface area contributed by atoms with E-state index in [4.69, 9.17) is 6.42 Å². The lowest BCUT2D eigenvalue weighted by Gasteiger charge is -2.39. The summed E-state index contributed by atoms with van der Waals surface area (Å²) >= 11 is 0. The molecule has 0 amide bonds. The maximum atomic E-state index is 5.68. The molecule has 0 aromatic heterocycles. The van der Waals surface area contributed by atoms with Gasteiger partial charge in [-0.1, -0.05) is 90.0 Å². The number of hydrogen-bond acceptors (Lipinski definition) is 0. The molecule has 0 rings (SSSR count). The van der Waals surface area contributed by atoms with Gasteiger partial charge in [-0.15, -0.1) is 23.8 Å². The van der Waals surface area contributed by atoms with Gasteiger partial charge in [0.05, 0.1) is 0 Å². The van der Waals surface area contributed by atoms with Crippen LogP contribution >= 0.6 is 0 Å². The van der Waals surface area contributed by atoms with E-state index >= 15 is 0 Å². The smallest absolute Gasteiger partial charge is 0.130 e. The molecule has 0 saturated heterocycles. The van der Waals surface area contributed by atoms with Crippen LogP contribution in [0.3, 0.4) is 0 Å². The quantitative estimate of drug-likeness (QED) is 0.269. The molecule has 0 saturated carbocycles. The molecule has 0 aliphatic heterocycles. The first-order chi connectivity index (χ1) is 12.7. The Morgan fingerprint density at radius 2 is 0.821 bits per heavy atom. The minimum absolute atomic E-state index is 0.340. The Morgan fingerprint density at radius 1 is 0.500 bits per heavy atom. The van der Waals surface area contributed by atoms with Crippen molar-refractivity contribution in [3.05, 3.63) is 0 Å². The van der Waals surface area contributed by atoms with Gasteiger partial charge in [0.1, 0.15) is 8.07 Å². The predicted octanol–water partition coefficient (Wildman–Crippen LogP) is 8.29. The summed E-state index contributed by atoms with van der Waals surface area (Å²) in [6.45, 7) is 30.9. The SMILES string of the molecule is C#C[C@@H](C)[C@H](C)[C@@H](C)[C@H](C)[C@@H](C)[C@H](C)[C@@H](C)C#C[Si](C(C)C)(C(C)C)C(C)C. The van der Waals surface area contributed by atoms with Crippen LogP contribution in [-0.4, -0.2) is 8.07 Å². The first-order valence-electron chi connectivity index (χ1n) is 11.7. The molecular weight excluding hydrogens is 352 g/mol. The summed E-state index contributed by atoms with van der Waals surface area (Å²) in [5, 5.41) is 0. The van der Waals surface area contributed by atoms with Crippen molar-refractivity contribution in [2.45, 2.75) is 107 Å². The van der Waals surface area contributed by atoms with Gasteiger partial charge < -0.3 is 0 Å². The summed E-state index contributed by atoms with van der Waals surface area (Å²) in [7, 11) is -1.64. The molecule has 0 spiro atoms. The van der Waals surface area contributed by atoms with Gasteiger partial charge in [0, 0.05) is 11.8 Å². The third kappa shape index (κ3) is 6.17. The lowest BCUT2D eigenvalue weighted by Crippen LogP contribution is -2.43. The van der Waals surface area contributed by atoms with Crippen LogP contribution in [0.2, 0.25) is 16.6 Å². The lowest BCUT2D eigenvalue weighted by molar-refractivity contribution is 0.140. The van der Waals surface area contributed by atoms with Crippen LogP contribution in [0.4, 0.5) is 0 Å². The van der Waals surface area contributed by atoms with E-state index in [1.807, 2.05) is 0 Å². The van der Waals surface area contributed by atoms with E-state index < -0.39 is 8.07 Å². The molecular formula is C27H50Si. The van der Waals surface area contributed by atoms with Gasteiger partial charge in [0.15, 0.2) is 0 Å². The van der Waals surface area contributed by atoms with E-state index in [-0.39, 0.29) is 0 Å². The standard InChI is InChI=1S/C27H50Si/c1-15-21(8)23(10)25(12)27(14)26(13)24(11)22(9)16-17-28(18(2)3,19(4)5)20(6)7/h1,18-27H,2-14H3/t21-,22+,23+,24-,25-,26+,27+/m1/s1. The number of hydrogen-bond donors (Lipinski definition) is 0. The average molecular weight is 403 g/mol. The topological polar surface area (TPSA) is 0 Å². The molecule has 0 unspecified atom stereocenters. The van der Waals surface area contributed by atoms with E-state index in [2.05, 4.69) is 107 Å². The Labute approximate surface area is 180 Å². The highest BCUT2D eigenvalue weighted by Gasteiger charge is 2.42. The highest BCUT2D eigenvalue weighted by molar-refractivity contribution is 6.90. The van der Waals surface area contributed by atoms with Crippen LogP contribution in [0.5, 0.6) is 0 Å². The van der Waals surface area contributed by atoms with Crippen molar-refractivity contribution >= 4 is 8.07 Å². The highest BCUT2D eigenvalue weighted by Crippen LogP contribution is 2.41. The fraction of sp³-hybridized carbons (Fsp3) is 0.852. The first kappa shape index (κ1) is 27.3. The van der Waals surface area contributed by atoms with Gasteiger partial charge in [0.25, 0.3) is 0 Å². The third-order valence-electron chi connectivity index (χ3n) is 8.54. The molecule has 0 aromatic rings. The van der Waals surface area contributed by atoms with E-state index in [0.29, 0.717) is 58.0 Å². The Balaban J connectivity index is 5.50. The molecule has 162 valence electrons. The van der Waals surface area contributed by atoms with E-state index in [1.165, 1.54) is 0 Å². The molecule has 28 heavy (non-hydrogen) atoms. The molecule has 0 fully saturated rings. The monoisotopic (exact) mass is 402 g/mol. The normalized spacial score (nSPS) is 20.0. The van der Waals surface area contributed by atoms with Gasteiger partial charge in [-0.2, -0.15) is 0 Å². The molecule has 7 atom stereocenters. The minimum Gasteiger partial charge on any atom is -0.130 e. The summed E-state index contributed by atoms with van der Waals surface area (Å²) in [4.78, 5) is 0. The predicted molar refractivity (Wildman–Crippen MR) is 132 cm³/mol. The summed E-state index contributed by atoms with van der Waals surface area (Å²) in [5.74, 6) is 10.6. The summed E-state index contributed by atoms with van der Waals surface area (Å²) in [6.07, 6.45) is 5.68. The summed E-state index contributed by atoms with van der Waals surface area (Å²) in [6, 6.07) is 0. The molecule has 0 heterocycles. The Kier molecular flexibility index (Phi) is 11.2. The van der Waals surface area contributed by atoms with Crippen molar-refractivity contribution in [1.29, 1.82) is 0 Å². The second kappa shape index (κ2) is 11.5. The maximum Gasteiger partial charge on any atom is 0.145 e. The molecule has 0 aliphatic rings. The van der Waals surface area contributed by atoms with Gasteiger partial charge >= 0.3 is 0 Å². The second-order valence-corrected chi connectivity index (χ2v) is 16.3. The van der Waals surface area contributed by atoms with Crippen LogP contribution < -0.4 is 0 Å². The summed E-state index contributed by atoms with van der Waals surface area (Å²) < 4.78 is 0. The second-order valence-electron chi connectivity index (χ2n) is 10.7. The summed E-state index contributed by atoms with van der Waals surface area (Å²) in [5.41, 5.74) is 6.04. The molecule has 0 aromatic carbocycles. The largest absolute Gasteiger partial charge is 0.145 e. The van der Waals surface area contributed by atoms with Gasteiger partial charge in [-0.05, 0) is 46.2 Å². The molecule has 0 aliphatic carbocycles. The zero-order valence-corrected chi connectivity index (χ0v) is 22.4. The number of rotatable bonds is 9. The molecule has 0 N–H and O–H groups in total.